The quantitative estimate of drug-likeness (QED) is 0.773. The number of amides is 2. The van der Waals surface area contributed by atoms with Gasteiger partial charge in [0, 0.05) is 5.92 Å². The predicted octanol–water partition coefficient (Wildman–Crippen LogP) is 1.75. The highest BCUT2D eigenvalue weighted by atomic mass is 32.1. The lowest BCUT2D eigenvalue weighted by Crippen LogP contribution is -2.40. The average molecular weight is 322 g/mol. The first-order valence-electron chi connectivity index (χ1n) is 6.21. The summed E-state index contributed by atoms with van der Waals surface area (Å²) in [6, 6.07) is 2.92. The van der Waals surface area contributed by atoms with Crippen LogP contribution in [0.3, 0.4) is 0 Å². The van der Waals surface area contributed by atoms with Gasteiger partial charge in [0.05, 0.1) is 16.4 Å². The molecule has 1 fully saturated rings. The molecular formula is C12H13F3N2O3S. The molecule has 0 spiro atoms. The van der Waals surface area contributed by atoms with Crippen molar-refractivity contribution < 1.29 is 27.9 Å². The molecule has 9 heteroatoms. The lowest BCUT2D eigenvalue weighted by molar-refractivity contribution is -0.201. The highest BCUT2D eigenvalue weighted by Gasteiger charge is 2.38. The van der Waals surface area contributed by atoms with Crippen LogP contribution in [-0.2, 0) is 4.79 Å². The number of thiophene rings is 1. The number of carbonyl (C=O) groups is 2. The third-order valence-electron chi connectivity index (χ3n) is 2.86. The Morgan fingerprint density at radius 2 is 2.05 bits per heavy atom. The highest BCUT2D eigenvalue weighted by molar-refractivity contribution is 7.18. The van der Waals surface area contributed by atoms with Gasteiger partial charge in [-0.05, 0) is 25.0 Å². The molecule has 0 saturated heterocycles. The van der Waals surface area contributed by atoms with Crippen LogP contribution in [0.2, 0.25) is 0 Å². The number of alkyl halides is 3. The minimum Gasteiger partial charge on any atom is -0.382 e. The van der Waals surface area contributed by atoms with Crippen molar-refractivity contribution in [2.45, 2.75) is 25.1 Å². The van der Waals surface area contributed by atoms with E-state index in [0.717, 1.165) is 24.2 Å². The summed E-state index contributed by atoms with van der Waals surface area (Å²) in [7, 11) is 0. The fourth-order valence-corrected chi connectivity index (χ4v) is 2.31. The second-order valence-electron chi connectivity index (χ2n) is 4.69. The van der Waals surface area contributed by atoms with E-state index in [0.29, 0.717) is 5.00 Å². The van der Waals surface area contributed by atoms with Gasteiger partial charge >= 0.3 is 6.18 Å². The molecule has 0 bridgehead atoms. The van der Waals surface area contributed by atoms with Crippen LogP contribution >= 0.6 is 11.3 Å². The zero-order valence-electron chi connectivity index (χ0n) is 10.7. The molecule has 116 valence electrons. The lowest BCUT2D eigenvalue weighted by Gasteiger charge is -2.14. The molecule has 1 aromatic heterocycles. The largest absolute Gasteiger partial charge is 0.416 e. The van der Waals surface area contributed by atoms with Crippen LogP contribution in [-0.4, -0.2) is 35.7 Å². The molecule has 1 saturated carbocycles. The molecule has 0 aliphatic heterocycles. The Hall–Kier alpha value is -1.61. The number of halogens is 3. The van der Waals surface area contributed by atoms with Gasteiger partial charge in [-0.25, -0.2) is 0 Å². The molecule has 0 aromatic carbocycles. The Balaban J connectivity index is 1.85. The Morgan fingerprint density at radius 1 is 1.38 bits per heavy atom. The van der Waals surface area contributed by atoms with Crippen LogP contribution in [0.25, 0.3) is 0 Å². The third-order valence-corrected chi connectivity index (χ3v) is 3.86. The van der Waals surface area contributed by atoms with Crippen LogP contribution in [0.1, 0.15) is 22.5 Å². The van der Waals surface area contributed by atoms with Gasteiger partial charge in [0.1, 0.15) is 0 Å². The van der Waals surface area contributed by atoms with Gasteiger partial charge in [-0.3, -0.25) is 9.59 Å². The predicted molar refractivity (Wildman–Crippen MR) is 70.1 cm³/mol. The minimum absolute atomic E-state index is 0.0197. The zero-order valence-corrected chi connectivity index (χ0v) is 11.6. The Morgan fingerprint density at radius 3 is 2.62 bits per heavy atom. The first-order chi connectivity index (χ1) is 9.77. The number of hydrogen-bond donors (Lipinski definition) is 3. The molecule has 5 nitrogen and oxygen atoms in total. The molecule has 1 unspecified atom stereocenters. The molecule has 1 atom stereocenters. The average Bonchev–Trinajstić information content (AvgIpc) is 3.15. The number of aliphatic hydroxyl groups is 1. The minimum atomic E-state index is -4.77. The Bertz CT molecular complexity index is 540. The topological polar surface area (TPSA) is 78.4 Å². The van der Waals surface area contributed by atoms with Gasteiger partial charge in [-0.15, -0.1) is 11.3 Å². The maximum absolute atomic E-state index is 12.1. The van der Waals surface area contributed by atoms with Gasteiger partial charge < -0.3 is 15.7 Å². The zero-order chi connectivity index (χ0) is 15.6. The summed E-state index contributed by atoms with van der Waals surface area (Å²) < 4.78 is 36.3. The number of carbonyl (C=O) groups excluding carboxylic acids is 2. The molecule has 1 aromatic rings. The van der Waals surface area contributed by atoms with E-state index in [9.17, 15) is 22.8 Å². The van der Waals surface area contributed by atoms with Crippen LogP contribution < -0.4 is 10.6 Å². The fourth-order valence-electron chi connectivity index (χ4n) is 1.49. The summed E-state index contributed by atoms with van der Waals surface area (Å²) in [5.74, 6) is -0.821. The fraction of sp³-hybridized carbons (Fsp3) is 0.500. The molecule has 0 radical (unpaired) electrons. The third kappa shape index (κ3) is 4.43. The number of rotatable bonds is 5. The van der Waals surface area contributed by atoms with Crippen molar-refractivity contribution in [1.82, 2.24) is 5.32 Å². The first kappa shape index (κ1) is 15.8. The van der Waals surface area contributed by atoms with E-state index in [4.69, 9.17) is 5.11 Å². The molecule has 1 aliphatic rings. The molecule has 21 heavy (non-hydrogen) atoms. The van der Waals surface area contributed by atoms with Crippen molar-refractivity contribution in [3.05, 3.63) is 17.0 Å². The number of hydrogen-bond acceptors (Lipinski definition) is 4. The van der Waals surface area contributed by atoms with Crippen molar-refractivity contribution >= 4 is 28.2 Å². The molecule has 1 heterocycles. The van der Waals surface area contributed by atoms with Crippen molar-refractivity contribution in [2.75, 3.05) is 11.9 Å². The van der Waals surface area contributed by atoms with E-state index in [1.54, 1.807) is 0 Å². The van der Waals surface area contributed by atoms with Gasteiger partial charge in [0.15, 0.2) is 6.10 Å². The summed E-state index contributed by atoms with van der Waals surface area (Å²) >= 11 is 0.967. The summed E-state index contributed by atoms with van der Waals surface area (Å²) in [5.41, 5.74) is 0. The number of aliphatic hydroxyl groups excluding tert-OH is 1. The van der Waals surface area contributed by atoms with Gasteiger partial charge in [-0.1, -0.05) is 0 Å². The van der Waals surface area contributed by atoms with Gasteiger partial charge in [0.25, 0.3) is 5.91 Å². The van der Waals surface area contributed by atoms with Crippen LogP contribution in [0.15, 0.2) is 12.1 Å². The lowest BCUT2D eigenvalue weighted by atomic mass is 10.3. The molecule has 1 aliphatic carbocycles. The maximum atomic E-state index is 12.1. The van der Waals surface area contributed by atoms with E-state index in [-0.39, 0.29) is 16.7 Å². The monoisotopic (exact) mass is 322 g/mol. The smallest absolute Gasteiger partial charge is 0.382 e. The second-order valence-corrected chi connectivity index (χ2v) is 5.78. The second kappa shape index (κ2) is 6.02. The normalized spacial score (nSPS) is 16.4. The Labute approximate surface area is 122 Å². The molecular weight excluding hydrogens is 309 g/mol. The number of anilines is 1. The van der Waals surface area contributed by atoms with Crippen LogP contribution in [0.4, 0.5) is 18.2 Å². The molecule has 3 N–H and O–H groups in total. The van der Waals surface area contributed by atoms with Gasteiger partial charge in [0.2, 0.25) is 5.91 Å². The summed E-state index contributed by atoms with van der Waals surface area (Å²) in [6.07, 6.45) is -5.68. The van der Waals surface area contributed by atoms with Crippen molar-refractivity contribution in [1.29, 1.82) is 0 Å². The van der Waals surface area contributed by atoms with Gasteiger partial charge in [-0.2, -0.15) is 13.2 Å². The summed E-state index contributed by atoms with van der Waals surface area (Å²) in [5, 5.41) is 13.9. The van der Waals surface area contributed by atoms with E-state index in [2.05, 4.69) is 5.32 Å². The summed E-state index contributed by atoms with van der Waals surface area (Å²) in [4.78, 5) is 23.3. The van der Waals surface area contributed by atoms with E-state index < -0.39 is 24.7 Å². The van der Waals surface area contributed by atoms with Crippen molar-refractivity contribution in [3.8, 4) is 0 Å². The SMILES string of the molecule is O=C(NCC(O)C(F)(F)F)c1ccc(NC(=O)C2CC2)s1. The Kier molecular flexibility index (Phi) is 4.52. The first-order valence-corrected chi connectivity index (χ1v) is 7.02. The van der Waals surface area contributed by atoms with Crippen molar-refractivity contribution in [3.63, 3.8) is 0 Å². The maximum Gasteiger partial charge on any atom is 0.416 e. The summed E-state index contributed by atoms with van der Waals surface area (Å²) in [6.45, 7) is -0.913. The molecule has 2 amide bonds. The van der Waals surface area contributed by atoms with Crippen LogP contribution in [0.5, 0.6) is 0 Å². The van der Waals surface area contributed by atoms with Crippen LogP contribution in [0, 0.1) is 5.92 Å². The molecule has 2 rings (SSSR count). The number of nitrogens with one attached hydrogen (secondary N) is 2. The highest BCUT2D eigenvalue weighted by Crippen LogP contribution is 2.31. The van der Waals surface area contributed by atoms with E-state index in [1.165, 1.54) is 12.1 Å². The standard InChI is InChI=1S/C12H13F3N2O3S/c13-12(14,15)8(18)5-16-11(20)7-3-4-9(21-7)17-10(19)6-1-2-6/h3-4,6,8,18H,1-2,5H2,(H,16,20)(H,17,19). The van der Waals surface area contributed by atoms with E-state index in [1.807, 2.05) is 5.32 Å². The van der Waals surface area contributed by atoms with Crippen molar-refractivity contribution in [2.24, 2.45) is 5.92 Å². The van der Waals surface area contributed by atoms with E-state index >= 15 is 0 Å².